The van der Waals surface area contributed by atoms with E-state index >= 15 is 0 Å². The van der Waals surface area contributed by atoms with Crippen LogP contribution in [0.2, 0.25) is 0 Å². The summed E-state index contributed by atoms with van der Waals surface area (Å²) in [5, 5.41) is 20.6. The summed E-state index contributed by atoms with van der Waals surface area (Å²) in [5.41, 5.74) is 5.46. The van der Waals surface area contributed by atoms with E-state index in [9.17, 15) is 4.79 Å². The Morgan fingerprint density at radius 1 is 1.06 bits per heavy atom. The van der Waals surface area contributed by atoms with Crippen LogP contribution in [0.15, 0.2) is 76.7 Å². The fourth-order valence-electron chi connectivity index (χ4n) is 3.37. The number of hydroxylamine groups is 1. The number of unbranched alkanes of at least 4 members (excludes halogenated alkanes) is 1. The summed E-state index contributed by atoms with van der Waals surface area (Å²) < 4.78 is 0. The summed E-state index contributed by atoms with van der Waals surface area (Å²) in [6.07, 6.45) is 7.56. The maximum absolute atomic E-state index is 11.1. The van der Waals surface area contributed by atoms with E-state index in [0.717, 1.165) is 50.7 Å². The highest BCUT2D eigenvalue weighted by Gasteiger charge is 2.08. The van der Waals surface area contributed by atoms with Crippen molar-refractivity contribution in [1.29, 1.82) is 0 Å². The maximum atomic E-state index is 11.1. The smallest absolute Gasteiger partial charge is 0.243 e. The first-order valence-electron chi connectivity index (χ1n) is 10.7. The van der Waals surface area contributed by atoms with Gasteiger partial charge in [0, 0.05) is 40.0 Å². The van der Waals surface area contributed by atoms with Crippen LogP contribution in [-0.2, 0) is 4.79 Å². The van der Waals surface area contributed by atoms with Crippen LogP contribution < -0.4 is 10.8 Å². The number of nitrogens with zero attached hydrogens (tertiary/aromatic N) is 2. The number of hydrogen-bond acceptors (Lipinski definition) is 6. The Bertz CT molecular complexity index is 1240. The molecule has 8 heteroatoms. The average Bonchev–Trinajstić information content (AvgIpc) is 3.26. The molecular formula is C25H25N5O2S. The third-order valence-corrected chi connectivity index (χ3v) is 6.11. The Hall–Kier alpha value is -3.62. The number of anilines is 1. The molecule has 0 saturated heterocycles. The van der Waals surface area contributed by atoms with Gasteiger partial charge in [-0.15, -0.1) is 0 Å². The van der Waals surface area contributed by atoms with Crippen molar-refractivity contribution in [3.63, 3.8) is 0 Å². The quantitative estimate of drug-likeness (QED) is 0.144. The van der Waals surface area contributed by atoms with E-state index in [4.69, 9.17) is 5.21 Å². The number of carbonyl (C=O) groups is 1. The van der Waals surface area contributed by atoms with E-state index in [0.29, 0.717) is 12.8 Å². The third kappa shape index (κ3) is 6.21. The highest BCUT2D eigenvalue weighted by atomic mass is 32.2. The maximum Gasteiger partial charge on any atom is 0.243 e. The first kappa shape index (κ1) is 22.6. The van der Waals surface area contributed by atoms with Crippen LogP contribution in [-0.4, -0.2) is 32.8 Å². The average molecular weight is 460 g/mol. The molecule has 0 aliphatic heterocycles. The summed E-state index contributed by atoms with van der Waals surface area (Å²) in [7, 11) is 0. The molecule has 1 amide bonds. The van der Waals surface area contributed by atoms with Crippen LogP contribution in [0, 0.1) is 0 Å². The van der Waals surface area contributed by atoms with Gasteiger partial charge < -0.3 is 5.32 Å². The number of hydrogen-bond donors (Lipinski definition) is 4. The number of H-pyrrole nitrogens is 1. The second-order valence-corrected chi connectivity index (χ2v) is 8.54. The fraction of sp³-hybridized carbons (Fsp3) is 0.160. The minimum Gasteiger partial charge on any atom is -0.384 e. The molecule has 0 fully saturated rings. The topological polar surface area (TPSA) is 103 Å². The molecule has 0 aliphatic rings. The fourth-order valence-corrected chi connectivity index (χ4v) is 4.33. The number of fused-ring (bicyclic) bond motifs is 1. The van der Waals surface area contributed by atoms with Gasteiger partial charge >= 0.3 is 0 Å². The minimum atomic E-state index is -0.351. The molecule has 0 radical (unpaired) electrons. The van der Waals surface area contributed by atoms with Gasteiger partial charge in [0.15, 0.2) is 0 Å². The number of rotatable bonds is 10. The van der Waals surface area contributed by atoms with Crippen molar-refractivity contribution >= 4 is 46.4 Å². The molecule has 2 heterocycles. The van der Waals surface area contributed by atoms with Crippen molar-refractivity contribution in [2.45, 2.75) is 29.1 Å². The van der Waals surface area contributed by atoms with Crippen LogP contribution in [0.5, 0.6) is 0 Å². The van der Waals surface area contributed by atoms with Crippen molar-refractivity contribution in [3.8, 4) is 0 Å². The molecule has 0 unspecified atom stereocenters. The van der Waals surface area contributed by atoms with E-state index in [1.807, 2.05) is 42.5 Å². The molecule has 0 saturated carbocycles. The second kappa shape index (κ2) is 11.3. The molecule has 168 valence electrons. The molecule has 4 rings (SSSR count). The monoisotopic (exact) mass is 459 g/mol. The predicted octanol–water partition coefficient (Wildman–Crippen LogP) is 5.37. The molecular weight excluding hydrogens is 434 g/mol. The summed E-state index contributed by atoms with van der Waals surface area (Å²) in [6.45, 7) is 0.752. The molecule has 7 nitrogen and oxygen atoms in total. The second-order valence-electron chi connectivity index (χ2n) is 7.42. The van der Waals surface area contributed by atoms with Gasteiger partial charge in [0.2, 0.25) is 5.91 Å². The largest absolute Gasteiger partial charge is 0.384 e. The predicted molar refractivity (Wildman–Crippen MR) is 132 cm³/mol. The lowest BCUT2D eigenvalue weighted by atomic mass is 10.2. The van der Waals surface area contributed by atoms with Gasteiger partial charge in [-0.3, -0.25) is 20.1 Å². The van der Waals surface area contributed by atoms with Crippen molar-refractivity contribution in [3.05, 3.63) is 78.2 Å². The van der Waals surface area contributed by atoms with Crippen LogP contribution in [0.3, 0.4) is 0 Å². The third-order valence-electron chi connectivity index (χ3n) is 5.05. The van der Waals surface area contributed by atoms with E-state index in [1.165, 1.54) is 0 Å². The molecule has 0 bridgehead atoms. The zero-order valence-corrected chi connectivity index (χ0v) is 18.8. The Labute approximate surface area is 196 Å². The Morgan fingerprint density at radius 3 is 2.79 bits per heavy atom. The van der Waals surface area contributed by atoms with Crippen LogP contribution in [0.4, 0.5) is 5.69 Å². The van der Waals surface area contributed by atoms with Gasteiger partial charge in [0.25, 0.3) is 0 Å². The van der Waals surface area contributed by atoms with E-state index in [-0.39, 0.29) is 5.91 Å². The standard InChI is InChI=1S/C25H25N5O2S/c31-25(30-32)10-4-6-16-27-22-8-1-2-9-24(22)33-19-12-13-20-21(28-29-23(20)17-19)14-11-18-7-3-5-15-26-18/h1-3,5,7-9,11-15,17,27,32H,4,6,10,16H2,(H,28,29)(H,30,31). The summed E-state index contributed by atoms with van der Waals surface area (Å²) in [5.74, 6) is -0.351. The molecule has 4 N–H and O–H groups in total. The molecule has 4 aromatic rings. The summed E-state index contributed by atoms with van der Waals surface area (Å²) in [6, 6.07) is 20.3. The van der Waals surface area contributed by atoms with Crippen LogP contribution in [0.1, 0.15) is 30.7 Å². The van der Waals surface area contributed by atoms with Crippen molar-refractivity contribution < 1.29 is 10.0 Å². The number of aromatic amines is 1. The van der Waals surface area contributed by atoms with Crippen LogP contribution in [0.25, 0.3) is 23.1 Å². The van der Waals surface area contributed by atoms with Crippen molar-refractivity contribution in [2.24, 2.45) is 0 Å². The molecule has 2 aromatic carbocycles. The molecule has 0 spiro atoms. The van der Waals surface area contributed by atoms with E-state index in [1.54, 1.807) is 23.4 Å². The lowest BCUT2D eigenvalue weighted by Crippen LogP contribution is -2.18. The Balaban J connectivity index is 1.41. The lowest BCUT2D eigenvalue weighted by molar-refractivity contribution is -0.129. The number of aromatic nitrogens is 3. The zero-order valence-electron chi connectivity index (χ0n) is 18.0. The Morgan fingerprint density at radius 2 is 1.94 bits per heavy atom. The minimum absolute atomic E-state index is 0.317. The zero-order chi connectivity index (χ0) is 22.9. The van der Waals surface area contributed by atoms with Gasteiger partial charge in [-0.25, -0.2) is 5.48 Å². The number of carbonyl (C=O) groups excluding carboxylic acids is 1. The summed E-state index contributed by atoms with van der Waals surface area (Å²) >= 11 is 1.69. The highest BCUT2D eigenvalue weighted by Crippen LogP contribution is 2.35. The first-order valence-corrected chi connectivity index (χ1v) is 11.6. The van der Waals surface area contributed by atoms with Gasteiger partial charge in [-0.2, -0.15) is 5.10 Å². The van der Waals surface area contributed by atoms with E-state index < -0.39 is 0 Å². The van der Waals surface area contributed by atoms with Crippen molar-refractivity contribution in [2.75, 3.05) is 11.9 Å². The van der Waals surface area contributed by atoms with Gasteiger partial charge in [-0.05, 0) is 67.5 Å². The number of pyridine rings is 1. The van der Waals surface area contributed by atoms with Gasteiger partial charge in [0.1, 0.15) is 0 Å². The number of para-hydroxylation sites is 1. The molecule has 33 heavy (non-hydrogen) atoms. The number of amides is 1. The lowest BCUT2D eigenvalue weighted by Gasteiger charge is -2.11. The highest BCUT2D eigenvalue weighted by molar-refractivity contribution is 7.99. The van der Waals surface area contributed by atoms with Gasteiger partial charge in [0.05, 0.1) is 16.9 Å². The number of nitrogens with one attached hydrogen (secondary N) is 3. The number of benzene rings is 2. The normalized spacial score (nSPS) is 11.2. The first-order chi connectivity index (χ1) is 16.2. The Kier molecular flexibility index (Phi) is 7.73. The van der Waals surface area contributed by atoms with Crippen LogP contribution >= 0.6 is 11.8 Å². The van der Waals surface area contributed by atoms with E-state index in [2.05, 4.69) is 50.8 Å². The van der Waals surface area contributed by atoms with Gasteiger partial charge in [-0.1, -0.05) is 30.0 Å². The molecule has 0 atom stereocenters. The van der Waals surface area contributed by atoms with Crippen molar-refractivity contribution in [1.82, 2.24) is 20.7 Å². The SMILES string of the molecule is O=C(CCCCNc1ccccc1Sc1ccc2c(C=Cc3ccccn3)n[nH]c2c1)NO. The molecule has 2 aromatic heterocycles. The summed E-state index contributed by atoms with van der Waals surface area (Å²) in [4.78, 5) is 17.6. The molecule has 0 aliphatic carbocycles.